The van der Waals surface area contributed by atoms with Gasteiger partial charge >= 0.3 is 0 Å². The molecule has 2 saturated carbocycles. The molecule has 2 fully saturated rings. The Morgan fingerprint density at radius 3 is 2.81 bits per heavy atom. The summed E-state index contributed by atoms with van der Waals surface area (Å²) in [4.78, 5) is 0. The van der Waals surface area contributed by atoms with Gasteiger partial charge in [-0.15, -0.1) is 0 Å². The monoisotopic (exact) mass is 208 g/mol. The molecular formula is C16H16. The zero-order valence-corrected chi connectivity index (χ0v) is 9.61. The number of hydrogen-bond acceptors (Lipinski definition) is 0. The van der Waals surface area contributed by atoms with Crippen molar-refractivity contribution in [1.29, 1.82) is 0 Å². The fourth-order valence-electron chi connectivity index (χ4n) is 4.07. The van der Waals surface area contributed by atoms with E-state index in [0.717, 1.165) is 0 Å². The van der Waals surface area contributed by atoms with Crippen molar-refractivity contribution in [2.45, 2.75) is 25.7 Å². The van der Waals surface area contributed by atoms with Crippen LogP contribution in [0.4, 0.5) is 0 Å². The summed E-state index contributed by atoms with van der Waals surface area (Å²) in [6.45, 7) is 2.46. The van der Waals surface area contributed by atoms with E-state index < -0.39 is 0 Å². The normalized spacial score (nSPS) is 42.8. The standard InChI is InChI=1S/C16H16/c1-15-10-13(12-6-3-2-4-7-12)14-8-5-9-16(14,15)11-15/h2-9,13H,10-11H2,1H3/t13-,15-,16?/m0/s1. The van der Waals surface area contributed by atoms with Gasteiger partial charge in [0.25, 0.3) is 0 Å². The van der Waals surface area contributed by atoms with Crippen molar-refractivity contribution in [3.05, 3.63) is 59.7 Å². The molecule has 0 N–H and O–H groups in total. The molecule has 1 aromatic rings. The molecule has 0 radical (unpaired) electrons. The zero-order valence-electron chi connectivity index (χ0n) is 9.61. The first-order valence-corrected chi connectivity index (χ1v) is 6.20. The lowest BCUT2D eigenvalue weighted by molar-refractivity contribution is 0.497. The zero-order chi connectivity index (χ0) is 10.8. The lowest BCUT2D eigenvalue weighted by atomic mass is 9.87. The van der Waals surface area contributed by atoms with Gasteiger partial charge < -0.3 is 0 Å². The Morgan fingerprint density at radius 1 is 1.19 bits per heavy atom. The van der Waals surface area contributed by atoms with Crippen molar-refractivity contribution in [3.8, 4) is 0 Å². The van der Waals surface area contributed by atoms with Crippen LogP contribution in [-0.2, 0) is 0 Å². The van der Waals surface area contributed by atoms with Crippen molar-refractivity contribution in [2.24, 2.45) is 10.8 Å². The van der Waals surface area contributed by atoms with Crippen LogP contribution >= 0.6 is 0 Å². The van der Waals surface area contributed by atoms with Crippen LogP contribution in [0.3, 0.4) is 0 Å². The van der Waals surface area contributed by atoms with E-state index in [-0.39, 0.29) is 0 Å². The van der Waals surface area contributed by atoms with Gasteiger partial charge in [-0.1, -0.05) is 61.1 Å². The van der Waals surface area contributed by atoms with Crippen LogP contribution in [0.5, 0.6) is 0 Å². The fourth-order valence-corrected chi connectivity index (χ4v) is 4.07. The summed E-state index contributed by atoms with van der Waals surface area (Å²) in [6, 6.07) is 11.0. The molecule has 1 aromatic carbocycles. The molecule has 0 nitrogen and oxygen atoms in total. The van der Waals surface area contributed by atoms with Crippen LogP contribution in [0.25, 0.3) is 0 Å². The predicted octanol–water partition coefficient (Wildman–Crippen LogP) is 4.07. The SMILES string of the molecule is C[C@@]12C[C@@H](c3ccccc3)C3=CC=CC31C2. The maximum absolute atomic E-state index is 2.46. The van der Waals surface area contributed by atoms with Crippen LogP contribution in [0, 0.1) is 10.8 Å². The van der Waals surface area contributed by atoms with Crippen molar-refractivity contribution in [2.75, 3.05) is 0 Å². The highest BCUT2D eigenvalue weighted by Crippen LogP contribution is 2.80. The van der Waals surface area contributed by atoms with E-state index in [1.807, 2.05) is 0 Å². The lowest BCUT2D eigenvalue weighted by Crippen LogP contribution is -2.02. The fraction of sp³-hybridized carbons (Fsp3) is 0.375. The van der Waals surface area contributed by atoms with Gasteiger partial charge in [-0.25, -0.2) is 0 Å². The highest BCUT2D eigenvalue weighted by molar-refractivity contribution is 5.54. The van der Waals surface area contributed by atoms with Gasteiger partial charge in [-0.2, -0.15) is 0 Å². The summed E-state index contributed by atoms with van der Waals surface area (Å²) < 4.78 is 0. The third-order valence-electron chi connectivity index (χ3n) is 5.02. The molecule has 4 rings (SSSR count). The highest BCUT2D eigenvalue weighted by Gasteiger charge is 2.71. The molecule has 80 valence electrons. The molecule has 0 heteroatoms. The average molecular weight is 208 g/mol. The second kappa shape index (κ2) is 2.51. The van der Waals surface area contributed by atoms with Crippen LogP contribution < -0.4 is 0 Å². The first-order valence-electron chi connectivity index (χ1n) is 6.20. The summed E-state index contributed by atoms with van der Waals surface area (Å²) in [5, 5.41) is 0. The summed E-state index contributed by atoms with van der Waals surface area (Å²) in [6.07, 6.45) is 9.82. The molecule has 0 heterocycles. The largest absolute Gasteiger partial charge is 0.0737 e. The first kappa shape index (κ1) is 8.81. The van der Waals surface area contributed by atoms with Crippen LogP contribution in [-0.4, -0.2) is 0 Å². The minimum Gasteiger partial charge on any atom is -0.0737 e. The molecule has 1 spiro atoms. The molecule has 16 heavy (non-hydrogen) atoms. The number of rotatable bonds is 1. The Bertz CT molecular complexity index is 508. The topological polar surface area (TPSA) is 0 Å². The predicted molar refractivity (Wildman–Crippen MR) is 66.2 cm³/mol. The quantitative estimate of drug-likeness (QED) is 0.652. The minimum atomic E-state index is 0.466. The van der Waals surface area contributed by atoms with E-state index in [9.17, 15) is 0 Å². The van der Waals surface area contributed by atoms with Crippen molar-refractivity contribution < 1.29 is 0 Å². The second-order valence-electron chi connectivity index (χ2n) is 5.86. The third kappa shape index (κ3) is 0.832. The van der Waals surface area contributed by atoms with E-state index in [1.54, 1.807) is 5.57 Å². The summed E-state index contributed by atoms with van der Waals surface area (Å²) in [5.41, 5.74) is 4.21. The molecule has 3 aliphatic rings. The molecule has 0 bridgehead atoms. The van der Waals surface area contributed by atoms with Crippen molar-refractivity contribution in [3.63, 3.8) is 0 Å². The molecule has 0 aromatic heterocycles. The van der Waals surface area contributed by atoms with Gasteiger partial charge in [-0.3, -0.25) is 0 Å². The smallest absolute Gasteiger partial charge is 0.0163 e. The summed E-state index contributed by atoms with van der Waals surface area (Å²) >= 11 is 0. The maximum Gasteiger partial charge on any atom is 0.0163 e. The van der Waals surface area contributed by atoms with Gasteiger partial charge in [0.1, 0.15) is 0 Å². The van der Waals surface area contributed by atoms with E-state index in [4.69, 9.17) is 0 Å². The van der Waals surface area contributed by atoms with Crippen LogP contribution in [0.15, 0.2) is 54.1 Å². The molecule has 1 unspecified atom stereocenters. The second-order valence-corrected chi connectivity index (χ2v) is 5.86. The summed E-state index contributed by atoms with van der Waals surface area (Å²) in [7, 11) is 0. The molecule has 3 atom stereocenters. The van der Waals surface area contributed by atoms with E-state index in [0.29, 0.717) is 16.7 Å². The molecule has 0 amide bonds. The Labute approximate surface area is 96.7 Å². The number of allylic oxidation sites excluding steroid dienone is 4. The van der Waals surface area contributed by atoms with E-state index in [2.05, 4.69) is 55.5 Å². The third-order valence-corrected chi connectivity index (χ3v) is 5.02. The van der Waals surface area contributed by atoms with Gasteiger partial charge in [0, 0.05) is 11.3 Å². The van der Waals surface area contributed by atoms with Crippen LogP contribution in [0.2, 0.25) is 0 Å². The van der Waals surface area contributed by atoms with Gasteiger partial charge in [0.2, 0.25) is 0 Å². The van der Waals surface area contributed by atoms with Gasteiger partial charge in [0.05, 0.1) is 0 Å². The van der Waals surface area contributed by atoms with E-state index in [1.165, 1.54) is 18.4 Å². The Hall–Kier alpha value is -1.30. The molecule has 0 saturated heterocycles. The molecule has 0 aliphatic heterocycles. The van der Waals surface area contributed by atoms with E-state index >= 15 is 0 Å². The minimum absolute atomic E-state index is 0.466. The molecule has 3 aliphatic carbocycles. The van der Waals surface area contributed by atoms with Crippen molar-refractivity contribution >= 4 is 0 Å². The lowest BCUT2D eigenvalue weighted by Gasteiger charge is -2.17. The van der Waals surface area contributed by atoms with Gasteiger partial charge in [0.15, 0.2) is 0 Å². The summed E-state index contributed by atoms with van der Waals surface area (Å²) in [5.74, 6) is 0.676. The Morgan fingerprint density at radius 2 is 2.00 bits per heavy atom. The van der Waals surface area contributed by atoms with Gasteiger partial charge in [-0.05, 0) is 23.8 Å². The van der Waals surface area contributed by atoms with Crippen molar-refractivity contribution in [1.82, 2.24) is 0 Å². The Balaban J connectivity index is 1.80. The molecular weight excluding hydrogens is 192 g/mol. The van der Waals surface area contributed by atoms with Crippen LogP contribution in [0.1, 0.15) is 31.2 Å². The average Bonchev–Trinajstić information content (AvgIpc) is 2.62. The highest BCUT2D eigenvalue weighted by atomic mass is 14.7. The first-order chi connectivity index (χ1) is 7.75. The number of benzene rings is 1. The Kier molecular flexibility index (Phi) is 1.38. The maximum atomic E-state index is 2.46. The number of hydrogen-bond donors (Lipinski definition) is 0.